The number of nitrogens with zero attached hydrogens (tertiary/aromatic N) is 4. The van der Waals surface area contributed by atoms with Crippen molar-refractivity contribution in [3.05, 3.63) is 36.4 Å². The minimum atomic E-state index is -3.29. The molecule has 1 N–H and O–H groups in total. The van der Waals surface area contributed by atoms with E-state index < -0.39 is 9.84 Å². The van der Waals surface area contributed by atoms with E-state index in [0.717, 1.165) is 37.2 Å². The second-order valence-electron chi connectivity index (χ2n) is 5.98. The van der Waals surface area contributed by atoms with Crippen LogP contribution in [-0.4, -0.2) is 34.4 Å². The zero-order valence-electron chi connectivity index (χ0n) is 13.2. The minimum Gasteiger partial charge on any atom is -0.337 e. The van der Waals surface area contributed by atoms with Crippen molar-refractivity contribution >= 4 is 32.2 Å². The molecule has 1 aliphatic heterocycles. The van der Waals surface area contributed by atoms with E-state index in [4.69, 9.17) is 0 Å². The third-order valence-corrected chi connectivity index (χ3v) is 5.38. The van der Waals surface area contributed by atoms with E-state index in [1.807, 2.05) is 4.68 Å². The highest BCUT2D eigenvalue weighted by Crippen LogP contribution is 2.29. The number of aryl methyl sites for hydroxylation is 1. The van der Waals surface area contributed by atoms with E-state index in [2.05, 4.69) is 20.4 Å². The van der Waals surface area contributed by atoms with Gasteiger partial charge in [-0.15, -0.1) is 0 Å². The smallest absolute Gasteiger partial charge is 0.175 e. The molecule has 0 saturated heterocycles. The number of sulfone groups is 1. The fourth-order valence-electron chi connectivity index (χ4n) is 3.02. The molecule has 1 aromatic carbocycles. The molecule has 0 unspecified atom stereocenters. The summed E-state index contributed by atoms with van der Waals surface area (Å²) in [5, 5.41) is 8.39. The van der Waals surface area contributed by atoms with Crippen molar-refractivity contribution in [2.24, 2.45) is 0 Å². The van der Waals surface area contributed by atoms with Crippen molar-refractivity contribution in [1.29, 1.82) is 0 Å². The van der Waals surface area contributed by atoms with Gasteiger partial charge in [0.25, 0.3) is 0 Å². The first-order valence-electron chi connectivity index (χ1n) is 7.79. The highest BCUT2D eigenvalue weighted by Gasteiger charge is 2.17. The Balaban J connectivity index is 1.80. The first-order valence-corrected chi connectivity index (χ1v) is 9.68. The van der Waals surface area contributed by atoms with Crippen LogP contribution in [0.2, 0.25) is 0 Å². The van der Waals surface area contributed by atoms with Crippen molar-refractivity contribution in [2.45, 2.75) is 30.7 Å². The van der Waals surface area contributed by atoms with Crippen LogP contribution >= 0.6 is 0 Å². The quantitative estimate of drug-likeness (QED) is 0.785. The van der Waals surface area contributed by atoms with Crippen molar-refractivity contribution in [2.75, 3.05) is 11.6 Å². The predicted molar refractivity (Wildman–Crippen MR) is 91.1 cm³/mol. The molecule has 0 aliphatic carbocycles. The molecule has 0 atom stereocenters. The molecule has 4 rings (SSSR count). The Labute approximate surface area is 139 Å². The standard InChI is InChI=1S/C16H17N5O2S/c1-24(22,23)11-5-6-13-12(8-11)16(18-10-17-13)20-14-9-19-21-7-3-2-4-15(14)21/h5-6,8-10H,2-4,7H2,1H3,(H,17,18,20). The maximum absolute atomic E-state index is 11.8. The number of hydrogen-bond acceptors (Lipinski definition) is 6. The van der Waals surface area contributed by atoms with Crippen LogP contribution < -0.4 is 5.32 Å². The summed E-state index contributed by atoms with van der Waals surface area (Å²) in [5.74, 6) is 0.590. The van der Waals surface area contributed by atoms with Crippen molar-refractivity contribution < 1.29 is 8.42 Å². The summed E-state index contributed by atoms with van der Waals surface area (Å²) in [7, 11) is -3.29. The van der Waals surface area contributed by atoms with Crippen LogP contribution in [0.25, 0.3) is 10.9 Å². The van der Waals surface area contributed by atoms with Gasteiger partial charge in [0.2, 0.25) is 0 Å². The Kier molecular flexibility index (Phi) is 3.49. The third kappa shape index (κ3) is 2.62. The lowest BCUT2D eigenvalue weighted by atomic mass is 10.1. The average Bonchev–Trinajstić information content (AvgIpc) is 2.97. The number of aromatic nitrogens is 4. The molecule has 24 heavy (non-hydrogen) atoms. The fraction of sp³-hybridized carbons (Fsp3) is 0.312. The Bertz CT molecular complexity index is 1030. The van der Waals surface area contributed by atoms with Gasteiger partial charge in [-0.25, -0.2) is 18.4 Å². The van der Waals surface area contributed by atoms with Crippen LogP contribution in [0.3, 0.4) is 0 Å². The minimum absolute atomic E-state index is 0.255. The van der Waals surface area contributed by atoms with Gasteiger partial charge in [0, 0.05) is 18.2 Å². The molecule has 7 nitrogen and oxygen atoms in total. The predicted octanol–water partition coefficient (Wildman–Crippen LogP) is 2.31. The zero-order chi connectivity index (χ0) is 16.7. The first-order chi connectivity index (χ1) is 11.5. The van der Waals surface area contributed by atoms with Gasteiger partial charge in [-0.1, -0.05) is 0 Å². The molecule has 0 saturated carbocycles. The van der Waals surface area contributed by atoms with Gasteiger partial charge < -0.3 is 5.32 Å². The van der Waals surface area contributed by atoms with E-state index in [0.29, 0.717) is 16.7 Å². The number of rotatable bonds is 3. The Hall–Kier alpha value is -2.48. The van der Waals surface area contributed by atoms with Gasteiger partial charge in [-0.05, 0) is 37.5 Å². The Morgan fingerprint density at radius 2 is 2.08 bits per heavy atom. The van der Waals surface area contributed by atoms with E-state index >= 15 is 0 Å². The Morgan fingerprint density at radius 3 is 2.92 bits per heavy atom. The second kappa shape index (κ2) is 5.55. The monoisotopic (exact) mass is 343 g/mol. The van der Waals surface area contributed by atoms with E-state index in [-0.39, 0.29) is 4.90 Å². The normalized spacial score (nSPS) is 14.5. The molecular weight excluding hydrogens is 326 g/mol. The summed E-state index contributed by atoms with van der Waals surface area (Å²) < 4.78 is 25.7. The van der Waals surface area contributed by atoms with E-state index in [1.165, 1.54) is 12.6 Å². The summed E-state index contributed by atoms with van der Waals surface area (Å²) in [6, 6.07) is 4.88. The van der Waals surface area contributed by atoms with Crippen LogP contribution in [0.4, 0.5) is 11.5 Å². The van der Waals surface area contributed by atoms with Gasteiger partial charge in [-0.3, -0.25) is 4.68 Å². The van der Waals surface area contributed by atoms with Gasteiger partial charge in [0.1, 0.15) is 12.1 Å². The highest BCUT2D eigenvalue weighted by atomic mass is 32.2. The lowest BCUT2D eigenvalue weighted by molar-refractivity contribution is 0.487. The van der Waals surface area contributed by atoms with Crippen LogP contribution in [0.15, 0.2) is 35.6 Å². The van der Waals surface area contributed by atoms with Gasteiger partial charge >= 0.3 is 0 Å². The topological polar surface area (TPSA) is 89.8 Å². The van der Waals surface area contributed by atoms with Gasteiger partial charge in [0.05, 0.1) is 28.0 Å². The van der Waals surface area contributed by atoms with Crippen molar-refractivity contribution in [1.82, 2.24) is 19.7 Å². The summed E-state index contributed by atoms with van der Waals surface area (Å²) in [6.45, 7) is 0.930. The van der Waals surface area contributed by atoms with Crippen LogP contribution in [0.1, 0.15) is 18.5 Å². The number of fused-ring (bicyclic) bond motifs is 2. The zero-order valence-corrected chi connectivity index (χ0v) is 14.0. The second-order valence-corrected chi connectivity index (χ2v) is 8.00. The molecule has 1 aliphatic rings. The molecular formula is C16H17N5O2S. The molecule has 0 spiro atoms. The average molecular weight is 343 g/mol. The molecule has 8 heteroatoms. The SMILES string of the molecule is CS(=O)(=O)c1ccc2ncnc(Nc3cnn4c3CCCC4)c2c1. The van der Waals surface area contributed by atoms with Crippen LogP contribution in [0, 0.1) is 0 Å². The van der Waals surface area contributed by atoms with Crippen LogP contribution in [0.5, 0.6) is 0 Å². The van der Waals surface area contributed by atoms with Crippen molar-refractivity contribution in [3.63, 3.8) is 0 Å². The lowest BCUT2D eigenvalue weighted by Gasteiger charge is -2.15. The fourth-order valence-corrected chi connectivity index (χ4v) is 3.67. The molecule has 0 bridgehead atoms. The van der Waals surface area contributed by atoms with Crippen LogP contribution in [-0.2, 0) is 22.8 Å². The third-order valence-electron chi connectivity index (χ3n) is 4.27. The van der Waals surface area contributed by atoms with Gasteiger partial charge in [0.15, 0.2) is 9.84 Å². The molecule has 2 aromatic heterocycles. The van der Waals surface area contributed by atoms with E-state index in [1.54, 1.807) is 24.4 Å². The maximum Gasteiger partial charge on any atom is 0.175 e. The largest absolute Gasteiger partial charge is 0.337 e. The molecule has 0 fully saturated rings. The summed E-state index contributed by atoms with van der Waals surface area (Å²) in [4.78, 5) is 8.77. The number of nitrogens with one attached hydrogen (secondary N) is 1. The summed E-state index contributed by atoms with van der Waals surface area (Å²) in [6.07, 6.45) is 7.72. The number of benzene rings is 1. The molecule has 0 amide bonds. The summed E-state index contributed by atoms with van der Waals surface area (Å²) >= 11 is 0. The lowest BCUT2D eigenvalue weighted by Crippen LogP contribution is -2.12. The van der Waals surface area contributed by atoms with Crippen molar-refractivity contribution in [3.8, 4) is 0 Å². The molecule has 3 heterocycles. The summed E-state index contributed by atoms with van der Waals surface area (Å²) in [5.41, 5.74) is 2.77. The maximum atomic E-state index is 11.8. The Morgan fingerprint density at radius 1 is 1.21 bits per heavy atom. The molecule has 0 radical (unpaired) electrons. The first kappa shape index (κ1) is 15.1. The number of anilines is 2. The number of hydrogen-bond donors (Lipinski definition) is 1. The van der Waals surface area contributed by atoms with E-state index in [9.17, 15) is 8.42 Å². The highest BCUT2D eigenvalue weighted by molar-refractivity contribution is 7.90. The molecule has 124 valence electrons. The molecule has 3 aromatic rings. The van der Waals surface area contributed by atoms with Gasteiger partial charge in [-0.2, -0.15) is 5.10 Å².